The molecule has 0 saturated carbocycles. The quantitative estimate of drug-likeness (QED) is 0.578. The smallest absolute Gasteiger partial charge is 0.320 e. The van der Waals surface area contributed by atoms with Gasteiger partial charge in [-0.1, -0.05) is 52.6 Å². The molecule has 0 aromatic carbocycles. The van der Waals surface area contributed by atoms with Crippen LogP contribution in [0.1, 0.15) is 41.5 Å². The van der Waals surface area contributed by atoms with Crippen molar-refractivity contribution in [1.82, 2.24) is 0 Å². The molecule has 0 spiro atoms. The fourth-order valence-electron chi connectivity index (χ4n) is 0.707. The van der Waals surface area contributed by atoms with Crippen LogP contribution < -0.4 is 0 Å². The van der Waals surface area contributed by atoms with Gasteiger partial charge in [0.25, 0.3) is 0 Å². The number of alkyl halides is 2. The van der Waals surface area contributed by atoms with Crippen molar-refractivity contribution in [3.63, 3.8) is 0 Å². The predicted octanol–water partition coefficient (Wildman–Crippen LogP) is 3.60. The molecule has 18 heavy (non-hydrogen) atoms. The molecule has 0 bridgehead atoms. The van der Waals surface area contributed by atoms with Crippen LogP contribution in [0.3, 0.4) is 0 Å². The van der Waals surface area contributed by atoms with E-state index in [2.05, 4.69) is 31.9 Å². The fourth-order valence-corrected chi connectivity index (χ4v) is 0.801. The zero-order chi connectivity index (χ0) is 15.1. The highest BCUT2D eigenvalue weighted by Gasteiger charge is 2.32. The van der Waals surface area contributed by atoms with Gasteiger partial charge in [0.15, 0.2) is 0 Å². The molecule has 0 fully saturated rings. The van der Waals surface area contributed by atoms with Crippen LogP contribution in [0, 0.1) is 5.41 Å². The second-order valence-corrected chi connectivity index (χ2v) is 7.27. The Labute approximate surface area is 126 Å². The van der Waals surface area contributed by atoms with Gasteiger partial charge in [0, 0.05) is 0 Å². The summed E-state index contributed by atoms with van der Waals surface area (Å²) in [5, 5.41) is 7.71. The van der Waals surface area contributed by atoms with Gasteiger partial charge in [-0.3, -0.25) is 9.59 Å². The van der Waals surface area contributed by atoms with Crippen LogP contribution in [0.5, 0.6) is 0 Å². The summed E-state index contributed by atoms with van der Waals surface area (Å²) >= 11 is 6.06. The summed E-state index contributed by atoms with van der Waals surface area (Å²) in [4.78, 5) is 20.6. The van der Waals surface area contributed by atoms with Crippen molar-refractivity contribution in [1.29, 1.82) is 0 Å². The molecule has 0 amide bonds. The van der Waals surface area contributed by atoms with Crippen LogP contribution in [0.2, 0.25) is 0 Å². The molecule has 4 nitrogen and oxygen atoms in total. The SMILES string of the molecule is CC(C)(C)OC(=O)C(Br)C(C)(C)C.O=C(O)CBr. The van der Waals surface area contributed by atoms with Gasteiger partial charge in [0.2, 0.25) is 0 Å². The Hall–Kier alpha value is -0.100. The van der Waals surface area contributed by atoms with Gasteiger partial charge in [0.05, 0.1) is 0 Å². The van der Waals surface area contributed by atoms with E-state index in [1.54, 1.807) is 0 Å². The normalized spacial score (nSPS) is 13.1. The molecule has 0 aliphatic rings. The Kier molecular flexibility index (Phi) is 9.15. The van der Waals surface area contributed by atoms with Gasteiger partial charge < -0.3 is 9.84 Å². The van der Waals surface area contributed by atoms with Crippen molar-refractivity contribution in [2.75, 3.05) is 5.33 Å². The largest absolute Gasteiger partial charge is 0.481 e. The fraction of sp³-hybridized carbons (Fsp3) is 0.833. The molecule has 108 valence electrons. The Morgan fingerprint density at radius 1 is 1.17 bits per heavy atom. The summed E-state index contributed by atoms with van der Waals surface area (Å²) in [5.41, 5.74) is -0.517. The average molecular weight is 390 g/mol. The zero-order valence-electron chi connectivity index (χ0n) is 11.7. The van der Waals surface area contributed by atoms with Crippen molar-refractivity contribution in [3.05, 3.63) is 0 Å². The Morgan fingerprint density at radius 3 is 1.67 bits per heavy atom. The number of aliphatic carboxylic acids is 1. The first kappa shape index (κ1) is 20.2. The molecule has 1 N–H and O–H groups in total. The van der Waals surface area contributed by atoms with E-state index in [1.165, 1.54) is 0 Å². The molecule has 0 radical (unpaired) electrons. The lowest BCUT2D eigenvalue weighted by molar-refractivity contribution is -0.155. The first-order chi connectivity index (χ1) is 7.81. The number of hydrogen-bond donors (Lipinski definition) is 1. The van der Waals surface area contributed by atoms with E-state index in [1.807, 2.05) is 41.5 Å². The van der Waals surface area contributed by atoms with E-state index in [9.17, 15) is 9.59 Å². The summed E-state index contributed by atoms with van der Waals surface area (Å²) < 4.78 is 5.24. The number of rotatable bonds is 2. The molecular weight excluding hydrogens is 368 g/mol. The number of esters is 1. The number of hydrogen-bond acceptors (Lipinski definition) is 3. The number of carboxylic acids is 1. The van der Waals surface area contributed by atoms with Crippen LogP contribution in [0.25, 0.3) is 0 Å². The van der Waals surface area contributed by atoms with E-state index in [-0.39, 0.29) is 21.5 Å². The van der Waals surface area contributed by atoms with Crippen LogP contribution in [-0.2, 0) is 14.3 Å². The number of carbonyl (C=O) groups is 2. The van der Waals surface area contributed by atoms with Crippen molar-refractivity contribution in [2.45, 2.75) is 52.0 Å². The molecule has 0 aromatic rings. The molecular formula is C12H22Br2O4. The van der Waals surface area contributed by atoms with Crippen LogP contribution in [-0.4, -0.2) is 32.8 Å². The van der Waals surface area contributed by atoms with E-state index in [0.717, 1.165) is 0 Å². The number of carboxylic acid groups (broad SMARTS) is 1. The maximum absolute atomic E-state index is 11.5. The van der Waals surface area contributed by atoms with Crippen LogP contribution in [0.15, 0.2) is 0 Å². The maximum atomic E-state index is 11.5. The third-order valence-electron chi connectivity index (χ3n) is 1.49. The summed E-state index contributed by atoms with van der Waals surface area (Å²) in [6.45, 7) is 11.6. The minimum atomic E-state index is -0.829. The van der Waals surface area contributed by atoms with E-state index >= 15 is 0 Å². The topological polar surface area (TPSA) is 63.6 Å². The third-order valence-corrected chi connectivity index (χ3v) is 3.72. The highest BCUT2D eigenvalue weighted by molar-refractivity contribution is 9.10. The van der Waals surface area contributed by atoms with Gasteiger partial charge >= 0.3 is 11.9 Å². The Morgan fingerprint density at radius 2 is 1.50 bits per heavy atom. The molecule has 0 saturated heterocycles. The van der Waals surface area contributed by atoms with E-state index < -0.39 is 11.6 Å². The van der Waals surface area contributed by atoms with E-state index in [0.29, 0.717) is 0 Å². The highest BCUT2D eigenvalue weighted by atomic mass is 79.9. The highest BCUT2D eigenvalue weighted by Crippen LogP contribution is 2.28. The monoisotopic (exact) mass is 388 g/mol. The lowest BCUT2D eigenvalue weighted by Gasteiger charge is -2.27. The number of halogens is 2. The second-order valence-electron chi connectivity index (χ2n) is 5.79. The summed E-state index contributed by atoms with van der Waals surface area (Å²) in [7, 11) is 0. The maximum Gasteiger partial charge on any atom is 0.320 e. The number of ether oxygens (including phenoxy) is 1. The molecule has 0 heterocycles. The average Bonchev–Trinajstić information content (AvgIpc) is 2.13. The van der Waals surface area contributed by atoms with Crippen LogP contribution in [0.4, 0.5) is 0 Å². The number of carbonyl (C=O) groups excluding carboxylic acids is 1. The lowest BCUT2D eigenvalue weighted by atomic mass is 9.92. The van der Waals surface area contributed by atoms with Gasteiger partial charge in [0.1, 0.15) is 15.8 Å². The van der Waals surface area contributed by atoms with Crippen molar-refractivity contribution >= 4 is 43.8 Å². The standard InChI is InChI=1S/C10H19BrO2.C2H3BrO2/c1-9(2,3)7(11)8(12)13-10(4,5)6;3-1-2(4)5/h7H,1-6H3;1H2,(H,4,5). The van der Waals surface area contributed by atoms with Gasteiger partial charge in [-0.05, 0) is 26.2 Å². The predicted molar refractivity (Wildman–Crippen MR) is 79.4 cm³/mol. The molecule has 6 heteroatoms. The van der Waals surface area contributed by atoms with E-state index in [4.69, 9.17) is 9.84 Å². The third kappa shape index (κ3) is 12.4. The summed E-state index contributed by atoms with van der Waals surface area (Å²) in [5.74, 6) is -1.02. The Balaban J connectivity index is 0. The minimum Gasteiger partial charge on any atom is -0.481 e. The second kappa shape index (κ2) is 8.15. The molecule has 0 aliphatic heterocycles. The summed E-state index contributed by atoms with van der Waals surface area (Å²) in [6, 6.07) is 0. The Bertz CT molecular complexity index is 277. The first-order valence-corrected chi connectivity index (χ1v) is 7.49. The van der Waals surface area contributed by atoms with Gasteiger partial charge in [-0.25, -0.2) is 0 Å². The zero-order valence-corrected chi connectivity index (χ0v) is 14.9. The lowest BCUT2D eigenvalue weighted by Crippen LogP contribution is -2.35. The minimum absolute atomic E-state index is 0.0347. The van der Waals surface area contributed by atoms with Crippen molar-refractivity contribution in [2.24, 2.45) is 5.41 Å². The molecule has 0 aliphatic carbocycles. The van der Waals surface area contributed by atoms with Gasteiger partial charge in [-0.2, -0.15) is 0 Å². The van der Waals surface area contributed by atoms with Crippen molar-refractivity contribution in [3.8, 4) is 0 Å². The molecule has 1 unspecified atom stereocenters. The van der Waals surface area contributed by atoms with Crippen molar-refractivity contribution < 1.29 is 19.4 Å². The summed E-state index contributed by atoms with van der Waals surface area (Å²) in [6.07, 6.45) is 0. The first-order valence-electron chi connectivity index (χ1n) is 5.46. The molecule has 0 rings (SSSR count). The van der Waals surface area contributed by atoms with Crippen LogP contribution >= 0.6 is 31.9 Å². The molecule has 1 atom stereocenters. The van der Waals surface area contributed by atoms with Gasteiger partial charge in [-0.15, -0.1) is 0 Å². The molecule has 0 aromatic heterocycles.